The van der Waals surface area contributed by atoms with Crippen molar-refractivity contribution in [2.24, 2.45) is 0 Å². The predicted molar refractivity (Wildman–Crippen MR) is 63.2 cm³/mol. The Labute approximate surface area is 95.7 Å². The molecule has 0 saturated carbocycles. The number of nitrogens with one attached hydrogen (secondary N) is 1. The molecule has 0 spiro atoms. The van der Waals surface area contributed by atoms with Crippen LogP contribution in [-0.2, 0) is 9.47 Å². The van der Waals surface area contributed by atoms with E-state index in [9.17, 15) is 0 Å². The molecule has 0 rings (SSSR count). The number of methoxy groups -OCH3 is 1. The molecule has 0 amide bonds. The van der Waals surface area contributed by atoms with Gasteiger partial charge in [0, 0.05) is 19.0 Å². The van der Waals surface area contributed by atoms with Crippen LogP contribution in [0, 0.1) is 0 Å². The molecule has 0 aliphatic rings. The molecule has 0 bridgehead atoms. The highest BCUT2D eigenvalue weighted by Gasteiger charge is 1.90. The van der Waals surface area contributed by atoms with Gasteiger partial charge in [-0.05, 0) is 32.4 Å². The summed E-state index contributed by atoms with van der Waals surface area (Å²) in [4.78, 5) is 0. The zero-order valence-corrected chi connectivity index (χ0v) is 10.6. The average Bonchev–Trinajstić information content (AvgIpc) is 2.21. The van der Waals surface area contributed by atoms with Gasteiger partial charge in [0.25, 0.3) is 0 Å². The van der Waals surface area contributed by atoms with Gasteiger partial charge < -0.3 is 14.8 Å². The lowest BCUT2D eigenvalue weighted by atomic mass is 10.3. The Morgan fingerprint density at radius 3 is 2.50 bits per heavy atom. The van der Waals surface area contributed by atoms with Crippen LogP contribution in [0.5, 0.6) is 0 Å². The Morgan fingerprint density at radius 2 is 1.79 bits per heavy atom. The topological polar surface area (TPSA) is 30.5 Å². The van der Waals surface area contributed by atoms with E-state index in [0.29, 0.717) is 13.2 Å². The highest BCUT2D eigenvalue weighted by Crippen LogP contribution is 1.91. The summed E-state index contributed by atoms with van der Waals surface area (Å²) in [5, 5.41) is 4.48. The van der Waals surface area contributed by atoms with Crippen LogP contribution in [0.1, 0.15) is 19.3 Å². The fourth-order valence-electron chi connectivity index (χ4n) is 1.01. The maximum absolute atomic E-state index is 5.33. The van der Waals surface area contributed by atoms with E-state index in [2.05, 4.69) is 21.2 Å². The van der Waals surface area contributed by atoms with E-state index in [0.717, 1.165) is 31.4 Å². The zero-order valence-electron chi connectivity index (χ0n) is 9.06. The molecule has 0 aromatic rings. The zero-order chi connectivity index (χ0) is 10.5. The van der Waals surface area contributed by atoms with Crippen LogP contribution in [0.25, 0.3) is 0 Å². The second-order valence-corrected chi connectivity index (χ2v) is 3.90. The van der Waals surface area contributed by atoms with Crippen molar-refractivity contribution in [1.29, 1.82) is 0 Å². The van der Waals surface area contributed by atoms with Crippen molar-refractivity contribution in [3.05, 3.63) is 0 Å². The van der Waals surface area contributed by atoms with Crippen LogP contribution in [0.15, 0.2) is 0 Å². The summed E-state index contributed by atoms with van der Waals surface area (Å²) in [5.41, 5.74) is 0. The number of halogens is 1. The summed E-state index contributed by atoms with van der Waals surface area (Å²) in [6.07, 6.45) is 3.57. The number of hydrogen-bond donors (Lipinski definition) is 1. The van der Waals surface area contributed by atoms with Crippen molar-refractivity contribution >= 4 is 15.9 Å². The third-order valence-corrected chi connectivity index (χ3v) is 2.37. The third kappa shape index (κ3) is 12.4. The molecule has 0 unspecified atom stereocenters. The van der Waals surface area contributed by atoms with E-state index in [1.54, 1.807) is 7.11 Å². The highest BCUT2D eigenvalue weighted by molar-refractivity contribution is 9.09. The number of hydrogen-bond acceptors (Lipinski definition) is 3. The number of alkyl halides is 1. The molecule has 0 heterocycles. The van der Waals surface area contributed by atoms with Crippen LogP contribution < -0.4 is 5.32 Å². The van der Waals surface area contributed by atoms with E-state index in [4.69, 9.17) is 9.47 Å². The van der Waals surface area contributed by atoms with Gasteiger partial charge in [-0.2, -0.15) is 0 Å². The van der Waals surface area contributed by atoms with E-state index in [-0.39, 0.29) is 0 Å². The van der Waals surface area contributed by atoms with Gasteiger partial charge >= 0.3 is 0 Å². The summed E-state index contributed by atoms with van der Waals surface area (Å²) >= 11 is 3.41. The normalized spacial score (nSPS) is 10.7. The minimum Gasteiger partial charge on any atom is -0.382 e. The minimum atomic E-state index is 0.693. The first-order valence-corrected chi connectivity index (χ1v) is 6.37. The molecule has 0 aromatic carbocycles. The first kappa shape index (κ1) is 14.4. The molecule has 0 radical (unpaired) electrons. The lowest BCUT2D eigenvalue weighted by Gasteiger charge is -2.05. The average molecular weight is 268 g/mol. The van der Waals surface area contributed by atoms with Gasteiger partial charge in [-0.15, -0.1) is 0 Å². The molecule has 0 fully saturated rings. The fourth-order valence-corrected chi connectivity index (χ4v) is 1.41. The molecular formula is C10H22BrNO2. The lowest BCUT2D eigenvalue weighted by molar-refractivity contribution is 0.0695. The van der Waals surface area contributed by atoms with Gasteiger partial charge in [0.05, 0.1) is 13.2 Å². The van der Waals surface area contributed by atoms with Crippen LogP contribution in [0.2, 0.25) is 0 Å². The molecule has 0 saturated heterocycles. The van der Waals surface area contributed by atoms with E-state index in [1.807, 2.05) is 0 Å². The maximum atomic E-state index is 5.33. The highest BCUT2D eigenvalue weighted by atomic mass is 79.9. The summed E-state index contributed by atoms with van der Waals surface area (Å²) in [5.74, 6) is 0. The standard InChI is InChI=1S/C10H22BrNO2/c1-13-9-10-14-8-4-7-12-6-3-2-5-11/h12H,2-10H2,1H3. The van der Waals surface area contributed by atoms with Crippen LogP contribution >= 0.6 is 15.9 Å². The molecule has 4 heteroatoms. The van der Waals surface area contributed by atoms with E-state index >= 15 is 0 Å². The Hall–Kier alpha value is 0.360. The van der Waals surface area contributed by atoms with Crippen molar-refractivity contribution in [3.63, 3.8) is 0 Å². The minimum absolute atomic E-state index is 0.693. The Balaban J connectivity index is 2.78. The predicted octanol–water partition coefficient (Wildman–Crippen LogP) is 1.80. The van der Waals surface area contributed by atoms with Crippen molar-refractivity contribution < 1.29 is 9.47 Å². The van der Waals surface area contributed by atoms with Gasteiger partial charge in [0.1, 0.15) is 0 Å². The maximum Gasteiger partial charge on any atom is 0.0700 e. The summed E-state index contributed by atoms with van der Waals surface area (Å²) in [6, 6.07) is 0. The first-order valence-electron chi connectivity index (χ1n) is 5.25. The van der Waals surface area contributed by atoms with Crippen molar-refractivity contribution in [3.8, 4) is 0 Å². The second-order valence-electron chi connectivity index (χ2n) is 3.10. The third-order valence-electron chi connectivity index (χ3n) is 1.81. The molecule has 86 valence electrons. The van der Waals surface area contributed by atoms with Crippen LogP contribution in [-0.4, -0.2) is 45.4 Å². The number of ether oxygens (including phenoxy) is 2. The molecule has 0 aliphatic carbocycles. The summed E-state index contributed by atoms with van der Waals surface area (Å²) < 4.78 is 10.2. The van der Waals surface area contributed by atoms with Crippen molar-refractivity contribution in [2.75, 3.05) is 45.4 Å². The molecule has 3 nitrogen and oxygen atoms in total. The van der Waals surface area contributed by atoms with Crippen molar-refractivity contribution in [1.82, 2.24) is 5.32 Å². The first-order chi connectivity index (χ1) is 6.91. The van der Waals surface area contributed by atoms with Gasteiger partial charge in [0.2, 0.25) is 0 Å². The molecule has 14 heavy (non-hydrogen) atoms. The Morgan fingerprint density at radius 1 is 1.00 bits per heavy atom. The SMILES string of the molecule is COCCOCCCNCCCCBr. The van der Waals surface area contributed by atoms with E-state index < -0.39 is 0 Å². The molecule has 1 N–H and O–H groups in total. The molecular weight excluding hydrogens is 246 g/mol. The van der Waals surface area contributed by atoms with Crippen molar-refractivity contribution in [2.45, 2.75) is 19.3 Å². The van der Waals surface area contributed by atoms with Crippen LogP contribution in [0.4, 0.5) is 0 Å². The summed E-state index contributed by atoms with van der Waals surface area (Å²) in [7, 11) is 1.69. The number of rotatable bonds is 11. The smallest absolute Gasteiger partial charge is 0.0700 e. The molecule has 0 aliphatic heterocycles. The van der Waals surface area contributed by atoms with Gasteiger partial charge in [-0.25, -0.2) is 0 Å². The van der Waals surface area contributed by atoms with Crippen LogP contribution in [0.3, 0.4) is 0 Å². The monoisotopic (exact) mass is 267 g/mol. The second kappa shape index (κ2) is 13.4. The summed E-state index contributed by atoms with van der Waals surface area (Å²) in [6.45, 7) is 4.40. The Bertz CT molecular complexity index is 92.1. The van der Waals surface area contributed by atoms with E-state index in [1.165, 1.54) is 12.8 Å². The lowest BCUT2D eigenvalue weighted by Crippen LogP contribution is -2.18. The molecule has 0 atom stereocenters. The fraction of sp³-hybridized carbons (Fsp3) is 1.00. The van der Waals surface area contributed by atoms with Gasteiger partial charge in [-0.1, -0.05) is 15.9 Å². The number of unbranched alkanes of at least 4 members (excludes halogenated alkanes) is 1. The Kier molecular flexibility index (Phi) is 13.7. The quantitative estimate of drug-likeness (QED) is 0.458. The van der Waals surface area contributed by atoms with Gasteiger partial charge in [0.15, 0.2) is 0 Å². The van der Waals surface area contributed by atoms with Gasteiger partial charge in [-0.3, -0.25) is 0 Å². The molecule has 0 aromatic heterocycles. The largest absolute Gasteiger partial charge is 0.382 e.